The lowest BCUT2D eigenvalue weighted by Crippen LogP contribution is -2.30. The summed E-state index contributed by atoms with van der Waals surface area (Å²) in [5.74, 6) is -0.119. The molecule has 2 bridgehead atoms. The van der Waals surface area contributed by atoms with Crippen molar-refractivity contribution in [2.24, 2.45) is 34.2 Å². The third-order valence-corrected chi connectivity index (χ3v) is 6.96. The minimum absolute atomic E-state index is 0.111. The van der Waals surface area contributed by atoms with Gasteiger partial charge in [-0.1, -0.05) is 54.6 Å². The van der Waals surface area contributed by atoms with Gasteiger partial charge in [-0.2, -0.15) is 10.1 Å². The van der Waals surface area contributed by atoms with Gasteiger partial charge in [-0.3, -0.25) is 9.59 Å². The van der Waals surface area contributed by atoms with Crippen LogP contribution in [0.15, 0.2) is 59.7 Å². The van der Waals surface area contributed by atoms with Gasteiger partial charge in [0.15, 0.2) is 0 Å². The lowest BCUT2D eigenvalue weighted by Gasteiger charge is -2.18. The fourth-order valence-corrected chi connectivity index (χ4v) is 5.66. The summed E-state index contributed by atoms with van der Waals surface area (Å²) in [5, 5.41) is 7.66. The normalized spacial score (nSPS) is 33.2. The van der Waals surface area contributed by atoms with Gasteiger partial charge in [0.05, 0.1) is 18.1 Å². The standard InChI is InChI=1S/C22H18N2O2/c25-20-18-16-8-9-17(22(16)10-11-22)19(18)21(26)24(20)23-12-14-6-3-5-13-4-1-2-7-15(13)14/h1-9,12,16-19H,10-11H2/b23-12-/t16-,17-,18-,19-/m0/s1. The van der Waals surface area contributed by atoms with Gasteiger partial charge >= 0.3 is 0 Å². The number of imide groups is 1. The van der Waals surface area contributed by atoms with Gasteiger partial charge in [-0.05, 0) is 40.9 Å². The largest absolute Gasteiger partial charge is 0.272 e. The Morgan fingerprint density at radius 3 is 2.27 bits per heavy atom. The first kappa shape index (κ1) is 14.4. The van der Waals surface area contributed by atoms with E-state index in [-0.39, 0.29) is 40.9 Å². The summed E-state index contributed by atoms with van der Waals surface area (Å²) in [7, 11) is 0. The van der Waals surface area contributed by atoms with E-state index in [9.17, 15) is 9.59 Å². The fraction of sp³-hybridized carbons (Fsp3) is 0.318. The Morgan fingerprint density at radius 1 is 0.923 bits per heavy atom. The molecule has 3 aliphatic carbocycles. The molecule has 4 heteroatoms. The van der Waals surface area contributed by atoms with Crippen molar-refractivity contribution in [2.75, 3.05) is 0 Å². The minimum atomic E-state index is -0.190. The zero-order valence-electron chi connectivity index (χ0n) is 14.2. The van der Waals surface area contributed by atoms with Crippen molar-refractivity contribution in [3.63, 3.8) is 0 Å². The number of benzene rings is 2. The highest BCUT2D eigenvalue weighted by Crippen LogP contribution is 2.73. The summed E-state index contributed by atoms with van der Waals surface area (Å²) in [5.41, 5.74) is 1.15. The maximum Gasteiger partial charge on any atom is 0.254 e. The van der Waals surface area contributed by atoms with Crippen LogP contribution in [0, 0.1) is 29.1 Å². The Bertz CT molecular complexity index is 994. The van der Waals surface area contributed by atoms with Crippen LogP contribution >= 0.6 is 0 Å². The molecule has 2 aromatic carbocycles. The molecule has 2 saturated carbocycles. The zero-order chi connectivity index (χ0) is 17.5. The maximum atomic E-state index is 12.9. The molecule has 1 heterocycles. The Hall–Kier alpha value is -2.75. The average Bonchev–Trinajstić information content (AvgIpc) is 3.27. The van der Waals surface area contributed by atoms with Gasteiger partial charge in [-0.15, -0.1) is 0 Å². The summed E-state index contributed by atoms with van der Waals surface area (Å²) in [6.07, 6.45) is 8.33. The molecule has 0 radical (unpaired) electrons. The molecule has 1 aliphatic heterocycles. The van der Waals surface area contributed by atoms with Gasteiger partial charge in [0, 0.05) is 5.56 Å². The van der Waals surface area contributed by atoms with Crippen LogP contribution in [0.25, 0.3) is 10.8 Å². The molecule has 4 aliphatic rings. The molecule has 4 atom stereocenters. The van der Waals surface area contributed by atoms with Crippen molar-refractivity contribution in [1.82, 2.24) is 5.01 Å². The van der Waals surface area contributed by atoms with Crippen molar-refractivity contribution < 1.29 is 9.59 Å². The van der Waals surface area contributed by atoms with Gasteiger partial charge in [-0.25, -0.2) is 0 Å². The summed E-state index contributed by atoms with van der Waals surface area (Å²) in [4.78, 5) is 25.9. The molecular formula is C22H18N2O2. The molecule has 128 valence electrons. The van der Waals surface area contributed by atoms with Crippen LogP contribution in [0.4, 0.5) is 0 Å². The second-order valence-corrected chi connectivity index (χ2v) is 8.02. The van der Waals surface area contributed by atoms with Gasteiger partial charge < -0.3 is 0 Å². The number of nitrogens with zero attached hydrogens (tertiary/aromatic N) is 2. The van der Waals surface area contributed by atoms with Crippen molar-refractivity contribution >= 4 is 28.8 Å². The highest BCUT2D eigenvalue weighted by atomic mass is 16.2. The van der Waals surface area contributed by atoms with Gasteiger partial charge in [0.25, 0.3) is 11.8 Å². The van der Waals surface area contributed by atoms with E-state index < -0.39 is 0 Å². The quantitative estimate of drug-likeness (QED) is 0.477. The summed E-state index contributed by atoms with van der Waals surface area (Å²) >= 11 is 0. The third kappa shape index (κ3) is 1.62. The lowest BCUT2D eigenvalue weighted by atomic mass is 9.85. The molecule has 1 spiro atoms. The number of carbonyl (C=O) groups excluding carboxylic acids is 2. The van der Waals surface area contributed by atoms with Crippen molar-refractivity contribution in [1.29, 1.82) is 0 Å². The molecule has 4 nitrogen and oxygen atoms in total. The topological polar surface area (TPSA) is 49.7 Å². The van der Waals surface area contributed by atoms with Crippen LogP contribution in [0.3, 0.4) is 0 Å². The Labute approximate surface area is 151 Å². The summed E-state index contributed by atoms with van der Waals surface area (Å²) in [6, 6.07) is 14.0. The Kier molecular flexibility index (Phi) is 2.61. The smallest absolute Gasteiger partial charge is 0.254 e. The Balaban J connectivity index is 1.35. The molecule has 1 saturated heterocycles. The summed E-state index contributed by atoms with van der Waals surface area (Å²) in [6.45, 7) is 0. The molecule has 0 unspecified atom stereocenters. The first-order chi connectivity index (χ1) is 12.7. The van der Waals surface area contributed by atoms with E-state index in [0.29, 0.717) is 0 Å². The van der Waals surface area contributed by atoms with E-state index in [0.717, 1.165) is 34.2 Å². The van der Waals surface area contributed by atoms with Crippen LogP contribution in [0.1, 0.15) is 18.4 Å². The van der Waals surface area contributed by atoms with Crippen molar-refractivity contribution in [3.05, 3.63) is 60.2 Å². The molecule has 3 fully saturated rings. The third-order valence-electron chi connectivity index (χ3n) is 6.96. The number of hydrazone groups is 1. The monoisotopic (exact) mass is 342 g/mol. The number of rotatable bonds is 2. The molecule has 0 aromatic heterocycles. The van der Waals surface area contributed by atoms with Crippen LogP contribution in [-0.2, 0) is 9.59 Å². The van der Waals surface area contributed by atoms with E-state index in [1.807, 2.05) is 42.5 Å². The average molecular weight is 342 g/mol. The van der Waals surface area contributed by atoms with E-state index in [2.05, 4.69) is 17.3 Å². The minimum Gasteiger partial charge on any atom is -0.272 e. The maximum absolute atomic E-state index is 12.9. The molecular weight excluding hydrogens is 324 g/mol. The van der Waals surface area contributed by atoms with Crippen LogP contribution < -0.4 is 0 Å². The lowest BCUT2D eigenvalue weighted by molar-refractivity contribution is -0.141. The van der Waals surface area contributed by atoms with E-state index in [1.165, 1.54) is 0 Å². The number of fused-ring (bicyclic) bond motifs is 4. The SMILES string of the molecule is O=C1[C@@H]2[C@@H](C(=O)N1/N=C\c1cccc3ccccc13)[C@@H]1C=C[C@@H]2C12CC2. The number of hydrogen-bond donors (Lipinski definition) is 0. The van der Waals surface area contributed by atoms with E-state index in [1.54, 1.807) is 6.21 Å². The Morgan fingerprint density at radius 2 is 1.58 bits per heavy atom. The second-order valence-electron chi connectivity index (χ2n) is 8.02. The molecule has 0 N–H and O–H groups in total. The number of amides is 2. The fourth-order valence-electron chi connectivity index (χ4n) is 5.66. The van der Waals surface area contributed by atoms with Gasteiger partial charge in [0.1, 0.15) is 0 Å². The number of carbonyl (C=O) groups is 2. The highest BCUT2D eigenvalue weighted by Gasteiger charge is 2.73. The van der Waals surface area contributed by atoms with Gasteiger partial charge in [0.2, 0.25) is 0 Å². The highest BCUT2D eigenvalue weighted by molar-refractivity contribution is 6.08. The van der Waals surface area contributed by atoms with E-state index in [4.69, 9.17) is 0 Å². The first-order valence-corrected chi connectivity index (χ1v) is 9.29. The molecule has 26 heavy (non-hydrogen) atoms. The van der Waals surface area contributed by atoms with Crippen LogP contribution in [0.2, 0.25) is 0 Å². The van der Waals surface area contributed by atoms with Crippen molar-refractivity contribution in [3.8, 4) is 0 Å². The van der Waals surface area contributed by atoms with Crippen LogP contribution in [0.5, 0.6) is 0 Å². The molecule has 2 aromatic rings. The van der Waals surface area contributed by atoms with Crippen LogP contribution in [-0.4, -0.2) is 23.0 Å². The van der Waals surface area contributed by atoms with E-state index >= 15 is 0 Å². The van der Waals surface area contributed by atoms with Crippen molar-refractivity contribution in [2.45, 2.75) is 12.8 Å². The summed E-state index contributed by atoms with van der Waals surface area (Å²) < 4.78 is 0. The number of hydrogen-bond acceptors (Lipinski definition) is 3. The second kappa shape index (κ2) is 4.70. The molecule has 2 amide bonds. The molecule has 6 rings (SSSR count). The predicted molar refractivity (Wildman–Crippen MR) is 98.2 cm³/mol. The predicted octanol–water partition coefficient (Wildman–Crippen LogP) is 3.37. The zero-order valence-corrected chi connectivity index (χ0v) is 14.2. The first-order valence-electron chi connectivity index (χ1n) is 9.29. The number of allylic oxidation sites excluding steroid dienone is 2.